The third-order valence-electron chi connectivity index (χ3n) is 4.34. The number of pyridine rings is 1. The van der Waals surface area contributed by atoms with Crippen LogP contribution in [-0.4, -0.2) is 43.9 Å². The van der Waals surface area contributed by atoms with Gasteiger partial charge in [0.05, 0.1) is 12.6 Å². The van der Waals surface area contributed by atoms with Gasteiger partial charge in [-0.15, -0.1) is 0 Å². The second kappa shape index (κ2) is 7.79. The maximum Gasteiger partial charge on any atom is 0.534 e. The van der Waals surface area contributed by atoms with Gasteiger partial charge in [0.25, 0.3) is 0 Å². The van der Waals surface area contributed by atoms with Gasteiger partial charge in [0.15, 0.2) is 0 Å². The number of nitrogens with zero attached hydrogens (tertiary/aromatic N) is 2. The standard InChI is InChI=1S/C17H12F6N2O6S2/c1-9-5-14(30-2)24-8-12(9)10-3-4-13-11(6-10)7-15(31-33(28,29)17(21,22)23)25(13)32(26,27)16(18,19)20/h3-8H,1-2H3. The summed E-state index contributed by atoms with van der Waals surface area (Å²) in [7, 11) is -11.5. The number of hydrogen-bond donors (Lipinski definition) is 0. The van der Waals surface area contributed by atoms with Crippen LogP contribution in [0.3, 0.4) is 0 Å². The molecule has 33 heavy (non-hydrogen) atoms. The Kier molecular flexibility index (Phi) is 5.82. The van der Waals surface area contributed by atoms with Crippen LogP contribution in [0.5, 0.6) is 11.8 Å². The molecule has 0 bridgehead atoms. The van der Waals surface area contributed by atoms with Crippen molar-refractivity contribution in [3.63, 3.8) is 0 Å². The summed E-state index contributed by atoms with van der Waals surface area (Å²) in [6.45, 7) is 1.65. The first-order valence-corrected chi connectivity index (χ1v) is 11.3. The van der Waals surface area contributed by atoms with Crippen molar-refractivity contribution in [1.29, 1.82) is 0 Å². The van der Waals surface area contributed by atoms with E-state index in [4.69, 9.17) is 4.74 Å². The fraction of sp³-hybridized carbons (Fsp3) is 0.235. The summed E-state index contributed by atoms with van der Waals surface area (Å²) in [6.07, 6.45) is 1.35. The minimum Gasteiger partial charge on any atom is -0.481 e. The number of halogens is 6. The van der Waals surface area contributed by atoms with E-state index >= 15 is 0 Å². The Morgan fingerprint density at radius 3 is 2.09 bits per heavy atom. The van der Waals surface area contributed by atoms with E-state index in [1.165, 1.54) is 25.4 Å². The molecule has 0 aliphatic carbocycles. The Labute approximate surface area is 182 Å². The Morgan fingerprint density at radius 2 is 1.58 bits per heavy atom. The normalized spacial score (nSPS) is 13.3. The van der Waals surface area contributed by atoms with Crippen molar-refractivity contribution in [2.75, 3.05) is 7.11 Å². The van der Waals surface area contributed by atoms with Crippen LogP contribution in [0, 0.1) is 6.92 Å². The van der Waals surface area contributed by atoms with Crippen LogP contribution < -0.4 is 8.92 Å². The number of aryl methyl sites for hydroxylation is 1. The molecule has 3 rings (SSSR count). The van der Waals surface area contributed by atoms with Gasteiger partial charge in [0.1, 0.15) is 0 Å². The molecule has 180 valence electrons. The minimum absolute atomic E-state index is 0.257. The van der Waals surface area contributed by atoms with Crippen LogP contribution in [0.15, 0.2) is 36.5 Å². The van der Waals surface area contributed by atoms with E-state index < -0.39 is 46.5 Å². The molecule has 16 heteroatoms. The van der Waals surface area contributed by atoms with Gasteiger partial charge in [-0.3, -0.25) is 0 Å². The second-order valence-electron chi connectivity index (χ2n) is 6.50. The first-order chi connectivity index (χ1) is 15.0. The fourth-order valence-electron chi connectivity index (χ4n) is 2.85. The topological polar surface area (TPSA) is 105 Å². The van der Waals surface area contributed by atoms with E-state index in [1.54, 1.807) is 6.92 Å². The van der Waals surface area contributed by atoms with Crippen molar-refractivity contribution in [3.8, 4) is 22.9 Å². The molecule has 3 aromatic rings. The summed E-state index contributed by atoms with van der Waals surface area (Å²) in [4.78, 5) is 3.98. The maximum atomic E-state index is 13.2. The zero-order valence-electron chi connectivity index (χ0n) is 16.4. The summed E-state index contributed by atoms with van der Waals surface area (Å²) >= 11 is 0. The van der Waals surface area contributed by atoms with Gasteiger partial charge in [-0.05, 0) is 30.2 Å². The average Bonchev–Trinajstić information content (AvgIpc) is 3.02. The highest BCUT2D eigenvalue weighted by Gasteiger charge is 2.52. The molecule has 0 fully saturated rings. The van der Waals surface area contributed by atoms with E-state index in [0.29, 0.717) is 22.8 Å². The predicted molar refractivity (Wildman–Crippen MR) is 102 cm³/mol. The molecule has 1 aromatic carbocycles. The number of fused-ring (bicyclic) bond motifs is 1. The number of rotatable bonds is 5. The molecule has 0 aliphatic heterocycles. The summed E-state index contributed by atoms with van der Waals surface area (Å²) < 4.78 is 133. The van der Waals surface area contributed by atoms with Gasteiger partial charge in [-0.2, -0.15) is 47.2 Å². The molecule has 0 N–H and O–H groups in total. The first-order valence-electron chi connectivity index (χ1n) is 8.48. The van der Waals surface area contributed by atoms with Crippen LogP contribution in [0.2, 0.25) is 0 Å². The molecule has 2 aromatic heterocycles. The average molecular weight is 518 g/mol. The van der Waals surface area contributed by atoms with Gasteiger partial charge < -0.3 is 8.92 Å². The van der Waals surface area contributed by atoms with E-state index in [9.17, 15) is 43.2 Å². The van der Waals surface area contributed by atoms with E-state index in [2.05, 4.69) is 9.17 Å². The van der Waals surface area contributed by atoms with Crippen molar-refractivity contribution < 1.29 is 52.1 Å². The van der Waals surface area contributed by atoms with Gasteiger partial charge in [-0.25, -0.2) is 4.98 Å². The molecular weight excluding hydrogens is 506 g/mol. The molecule has 0 saturated heterocycles. The van der Waals surface area contributed by atoms with Crippen molar-refractivity contribution in [2.24, 2.45) is 0 Å². The number of aromatic nitrogens is 2. The molecule has 0 saturated carbocycles. The Hall–Kier alpha value is -3.01. The van der Waals surface area contributed by atoms with E-state index in [-0.39, 0.29) is 11.3 Å². The molecule has 0 amide bonds. The van der Waals surface area contributed by atoms with Crippen LogP contribution in [0.4, 0.5) is 26.3 Å². The van der Waals surface area contributed by atoms with Crippen LogP contribution in [-0.2, 0) is 20.1 Å². The smallest absolute Gasteiger partial charge is 0.481 e. The van der Waals surface area contributed by atoms with Crippen LogP contribution in [0.1, 0.15) is 5.56 Å². The highest BCUT2D eigenvalue weighted by atomic mass is 32.2. The largest absolute Gasteiger partial charge is 0.534 e. The zero-order chi connectivity index (χ0) is 25.0. The van der Waals surface area contributed by atoms with Crippen molar-refractivity contribution in [1.82, 2.24) is 8.96 Å². The highest BCUT2D eigenvalue weighted by Crippen LogP contribution is 2.38. The Bertz CT molecular complexity index is 1440. The lowest BCUT2D eigenvalue weighted by Crippen LogP contribution is -2.33. The van der Waals surface area contributed by atoms with Crippen molar-refractivity contribution >= 4 is 31.0 Å². The van der Waals surface area contributed by atoms with Gasteiger partial charge in [0.2, 0.25) is 11.8 Å². The molecule has 0 aliphatic rings. The highest BCUT2D eigenvalue weighted by molar-refractivity contribution is 7.91. The van der Waals surface area contributed by atoms with Crippen molar-refractivity contribution in [2.45, 2.75) is 17.9 Å². The third kappa shape index (κ3) is 4.31. The van der Waals surface area contributed by atoms with Crippen LogP contribution in [0.25, 0.3) is 22.0 Å². The number of hydrogen-bond acceptors (Lipinski definition) is 7. The number of methoxy groups -OCH3 is 1. The monoisotopic (exact) mass is 518 g/mol. The quantitative estimate of drug-likeness (QED) is 0.286. The predicted octanol–water partition coefficient (Wildman–Crippen LogP) is 3.95. The molecule has 8 nitrogen and oxygen atoms in total. The lowest BCUT2D eigenvalue weighted by Gasteiger charge is -2.15. The lowest BCUT2D eigenvalue weighted by atomic mass is 10.0. The van der Waals surface area contributed by atoms with Gasteiger partial charge >= 0.3 is 31.2 Å². The molecule has 0 unspecified atom stereocenters. The maximum absolute atomic E-state index is 13.2. The summed E-state index contributed by atoms with van der Waals surface area (Å²) in [6, 6.07) is 5.16. The lowest BCUT2D eigenvalue weighted by molar-refractivity contribution is -0.0502. The number of alkyl halides is 6. The molecule has 0 radical (unpaired) electrons. The number of ether oxygens (including phenoxy) is 1. The Morgan fingerprint density at radius 1 is 0.939 bits per heavy atom. The third-order valence-corrected chi connectivity index (χ3v) is 6.74. The first kappa shape index (κ1) is 24.6. The number of benzene rings is 1. The SMILES string of the molecule is COc1cc(C)c(-c2ccc3c(c2)cc(OS(=O)(=O)C(F)(F)F)n3S(=O)(=O)C(F)(F)F)cn1. The van der Waals surface area contributed by atoms with E-state index in [1.807, 2.05) is 0 Å². The summed E-state index contributed by atoms with van der Waals surface area (Å²) in [5.41, 5.74) is -11.4. The molecule has 0 atom stereocenters. The molecule has 0 spiro atoms. The van der Waals surface area contributed by atoms with E-state index in [0.717, 1.165) is 12.1 Å². The fourth-order valence-corrected chi connectivity index (χ4v) is 4.29. The van der Waals surface area contributed by atoms with Crippen LogP contribution >= 0.6 is 0 Å². The van der Waals surface area contributed by atoms with Crippen molar-refractivity contribution in [3.05, 3.63) is 42.1 Å². The second-order valence-corrected chi connectivity index (χ2v) is 9.81. The molecule has 2 heterocycles. The minimum atomic E-state index is -6.48. The Balaban J connectivity index is 2.29. The zero-order valence-corrected chi connectivity index (χ0v) is 18.0. The summed E-state index contributed by atoms with van der Waals surface area (Å²) in [5.74, 6) is -1.45. The van der Waals surface area contributed by atoms with Gasteiger partial charge in [-0.1, -0.05) is 6.07 Å². The van der Waals surface area contributed by atoms with Gasteiger partial charge in [0, 0.05) is 29.3 Å². The molecular formula is C17H12F6N2O6S2. The summed E-state index contributed by atoms with van der Waals surface area (Å²) in [5, 5.41) is -0.345.